The first-order valence-corrected chi connectivity index (χ1v) is 5.69. The monoisotopic (exact) mass is 251 g/mol. The van der Waals surface area contributed by atoms with E-state index in [2.05, 4.69) is 5.10 Å². The molecule has 1 heterocycles. The van der Waals surface area contributed by atoms with Crippen molar-refractivity contribution in [2.24, 2.45) is 7.05 Å². The van der Waals surface area contributed by atoms with Crippen LogP contribution in [0.25, 0.3) is 11.1 Å². The van der Waals surface area contributed by atoms with E-state index in [0.29, 0.717) is 5.56 Å². The first-order chi connectivity index (χ1) is 8.41. The second kappa shape index (κ2) is 4.40. The summed E-state index contributed by atoms with van der Waals surface area (Å²) in [5.41, 5.74) is 6.62. The molecule has 96 valence electrons. The zero-order chi connectivity index (χ0) is 13.4. The van der Waals surface area contributed by atoms with E-state index in [-0.39, 0.29) is 11.5 Å². The molecule has 3 nitrogen and oxygen atoms in total. The third-order valence-electron chi connectivity index (χ3n) is 2.82. The van der Waals surface area contributed by atoms with Crippen LogP contribution in [-0.2, 0) is 7.05 Å². The standard InChI is InChI=1S/C13H15F2N3/c1-7(2)13-9(6-18(3)17-13)8-4-5-10(14)12(16)11(8)15/h4-7H,16H2,1-3H3. The van der Waals surface area contributed by atoms with Crippen molar-refractivity contribution in [3.8, 4) is 11.1 Å². The van der Waals surface area contributed by atoms with E-state index in [4.69, 9.17) is 5.73 Å². The Balaban J connectivity index is 2.66. The van der Waals surface area contributed by atoms with Crippen molar-refractivity contribution in [1.82, 2.24) is 9.78 Å². The average Bonchev–Trinajstić information content (AvgIpc) is 2.68. The molecule has 0 aliphatic rings. The maximum atomic E-state index is 14.0. The highest BCUT2D eigenvalue weighted by Gasteiger charge is 2.18. The first-order valence-electron chi connectivity index (χ1n) is 5.69. The molecule has 0 fully saturated rings. The molecular formula is C13H15F2N3. The van der Waals surface area contributed by atoms with Gasteiger partial charge in [-0.15, -0.1) is 0 Å². The molecule has 0 unspecified atom stereocenters. The Bertz CT molecular complexity index is 588. The van der Waals surface area contributed by atoms with Crippen LogP contribution < -0.4 is 5.73 Å². The van der Waals surface area contributed by atoms with Gasteiger partial charge in [-0.2, -0.15) is 5.10 Å². The zero-order valence-electron chi connectivity index (χ0n) is 10.5. The lowest BCUT2D eigenvalue weighted by atomic mass is 9.99. The van der Waals surface area contributed by atoms with Crippen LogP contribution in [0, 0.1) is 11.6 Å². The Morgan fingerprint density at radius 1 is 1.22 bits per heavy atom. The molecule has 0 bridgehead atoms. The van der Waals surface area contributed by atoms with Crippen LogP contribution in [0.4, 0.5) is 14.5 Å². The van der Waals surface area contributed by atoms with Gasteiger partial charge in [0.15, 0.2) is 5.82 Å². The highest BCUT2D eigenvalue weighted by molar-refractivity contribution is 5.70. The lowest BCUT2D eigenvalue weighted by Crippen LogP contribution is -1.99. The predicted octanol–water partition coefficient (Wildman–Crippen LogP) is 3.07. The fourth-order valence-electron chi connectivity index (χ4n) is 1.92. The molecular weight excluding hydrogens is 236 g/mol. The van der Waals surface area contributed by atoms with E-state index in [0.717, 1.165) is 5.69 Å². The van der Waals surface area contributed by atoms with Crippen molar-refractivity contribution >= 4 is 5.69 Å². The van der Waals surface area contributed by atoms with Crippen LogP contribution in [0.3, 0.4) is 0 Å². The Morgan fingerprint density at radius 2 is 1.89 bits per heavy atom. The minimum Gasteiger partial charge on any atom is -0.394 e. The van der Waals surface area contributed by atoms with E-state index in [1.165, 1.54) is 12.1 Å². The number of hydrogen-bond donors (Lipinski definition) is 1. The predicted molar refractivity (Wildman–Crippen MR) is 67.1 cm³/mol. The van der Waals surface area contributed by atoms with Crippen LogP contribution in [0.15, 0.2) is 18.3 Å². The smallest absolute Gasteiger partial charge is 0.157 e. The molecule has 2 aromatic rings. The molecule has 1 aromatic carbocycles. The topological polar surface area (TPSA) is 43.8 Å². The van der Waals surface area contributed by atoms with E-state index in [1.54, 1.807) is 17.9 Å². The summed E-state index contributed by atoms with van der Waals surface area (Å²) in [5.74, 6) is -1.33. The maximum absolute atomic E-state index is 14.0. The highest BCUT2D eigenvalue weighted by Crippen LogP contribution is 2.32. The van der Waals surface area contributed by atoms with Gasteiger partial charge in [-0.25, -0.2) is 8.78 Å². The lowest BCUT2D eigenvalue weighted by Gasteiger charge is -2.08. The van der Waals surface area contributed by atoms with Gasteiger partial charge in [0.2, 0.25) is 0 Å². The zero-order valence-corrected chi connectivity index (χ0v) is 10.5. The van der Waals surface area contributed by atoms with E-state index < -0.39 is 17.3 Å². The number of nitrogens with two attached hydrogens (primary N) is 1. The normalized spacial score (nSPS) is 11.2. The molecule has 2 N–H and O–H groups in total. The fraction of sp³-hybridized carbons (Fsp3) is 0.308. The molecule has 0 radical (unpaired) electrons. The SMILES string of the molecule is CC(C)c1nn(C)cc1-c1ccc(F)c(N)c1F. The number of hydrogen-bond acceptors (Lipinski definition) is 2. The van der Waals surface area contributed by atoms with Crippen molar-refractivity contribution in [1.29, 1.82) is 0 Å². The first kappa shape index (κ1) is 12.5. The minimum absolute atomic E-state index is 0.145. The second-order valence-electron chi connectivity index (χ2n) is 4.58. The highest BCUT2D eigenvalue weighted by atomic mass is 19.1. The maximum Gasteiger partial charge on any atom is 0.157 e. The summed E-state index contributed by atoms with van der Waals surface area (Å²) >= 11 is 0. The fourth-order valence-corrected chi connectivity index (χ4v) is 1.92. The number of nitrogen functional groups attached to an aromatic ring is 1. The summed E-state index contributed by atoms with van der Waals surface area (Å²) in [5, 5.41) is 4.30. The van der Waals surface area contributed by atoms with E-state index in [1.807, 2.05) is 13.8 Å². The van der Waals surface area contributed by atoms with E-state index in [9.17, 15) is 8.78 Å². The number of rotatable bonds is 2. The third-order valence-corrected chi connectivity index (χ3v) is 2.82. The minimum atomic E-state index is -0.744. The number of nitrogens with zero attached hydrogens (tertiary/aromatic N) is 2. The Hall–Kier alpha value is -1.91. The molecule has 0 aliphatic heterocycles. The largest absolute Gasteiger partial charge is 0.394 e. The second-order valence-corrected chi connectivity index (χ2v) is 4.58. The Labute approximate surface area is 104 Å². The molecule has 2 rings (SSSR count). The molecule has 5 heteroatoms. The van der Waals surface area contributed by atoms with Crippen molar-refractivity contribution < 1.29 is 8.78 Å². The number of halogens is 2. The van der Waals surface area contributed by atoms with Gasteiger partial charge in [-0.1, -0.05) is 13.8 Å². The van der Waals surface area contributed by atoms with Crippen molar-refractivity contribution in [3.63, 3.8) is 0 Å². The molecule has 0 aliphatic carbocycles. The summed E-state index contributed by atoms with van der Waals surface area (Å²) in [6, 6.07) is 2.56. The number of benzene rings is 1. The van der Waals surface area contributed by atoms with Crippen LogP contribution >= 0.6 is 0 Å². The molecule has 0 spiro atoms. The molecule has 0 saturated heterocycles. The van der Waals surface area contributed by atoms with Crippen molar-refractivity contribution in [2.45, 2.75) is 19.8 Å². The quantitative estimate of drug-likeness (QED) is 0.833. The van der Waals surface area contributed by atoms with E-state index >= 15 is 0 Å². The third kappa shape index (κ3) is 1.96. The lowest BCUT2D eigenvalue weighted by molar-refractivity contribution is 0.594. The Morgan fingerprint density at radius 3 is 2.50 bits per heavy atom. The van der Waals surface area contributed by atoms with Gasteiger partial charge in [-0.05, 0) is 18.1 Å². The van der Waals surface area contributed by atoms with Gasteiger partial charge >= 0.3 is 0 Å². The summed E-state index contributed by atoms with van der Waals surface area (Å²) in [7, 11) is 1.76. The summed E-state index contributed by atoms with van der Waals surface area (Å²) in [6.45, 7) is 3.94. The van der Waals surface area contributed by atoms with Gasteiger partial charge in [0.25, 0.3) is 0 Å². The van der Waals surface area contributed by atoms with Crippen LogP contribution in [-0.4, -0.2) is 9.78 Å². The van der Waals surface area contributed by atoms with Crippen LogP contribution in [0.2, 0.25) is 0 Å². The molecule has 0 atom stereocenters. The number of aromatic nitrogens is 2. The molecule has 1 aromatic heterocycles. The molecule has 0 amide bonds. The van der Waals surface area contributed by atoms with Gasteiger partial charge in [-0.3, -0.25) is 4.68 Å². The van der Waals surface area contributed by atoms with Crippen LogP contribution in [0.1, 0.15) is 25.5 Å². The van der Waals surface area contributed by atoms with Crippen molar-refractivity contribution in [2.75, 3.05) is 5.73 Å². The van der Waals surface area contributed by atoms with Gasteiger partial charge in [0, 0.05) is 24.4 Å². The average molecular weight is 251 g/mol. The number of anilines is 1. The summed E-state index contributed by atoms with van der Waals surface area (Å²) in [4.78, 5) is 0. The van der Waals surface area contributed by atoms with Crippen LogP contribution in [0.5, 0.6) is 0 Å². The van der Waals surface area contributed by atoms with Gasteiger partial charge in [0.05, 0.1) is 5.69 Å². The molecule has 18 heavy (non-hydrogen) atoms. The van der Waals surface area contributed by atoms with Gasteiger partial charge in [0.1, 0.15) is 11.5 Å². The number of aryl methyl sites for hydroxylation is 1. The van der Waals surface area contributed by atoms with Crippen molar-refractivity contribution in [3.05, 3.63) is 35.7 Å². The summed E-state index contributed by atoms with van der Waals surface area (Å²) < 4.78 is 28.8. The van der Waals surface area contributed by atoms with Gasteiger partial charge < -0.3 is 5.73 Å². The summed E-state index contributed by atoms with van der Waals surface area (Å²) in [6.07, 6.45) is 1.71. The molecule has 0 saturated carbocycles. The Kier molecular flexibility index (Phi) is 3.07.